The second-order valence-electron chi connectivity index (χ2n) is 3.25. The van der Waals surface area contributed by atoms with Crippen LogP contribution in [0.4, 0.5) is 0 Å². The van der Waals surface area contributed by atoms with E-state index in [9.17, 15) is 0 Å². The first kappa shape index (κ1) is 13.1. The van der Waals surface area contributed by atoms with Crippen molar-refractivity contribution in [1.82, 2.24) is 0 Å². The molecule has 5 nitrogen and oxygen atoms in total. The Hall–Kier alpha value is -0.980. The molecule has 0 aliphatic carbocycles. The average molecular weight is 246 g/mol. The Balaban J connectivity index is 0.000000221. The molecule has 0 aromatic heterocycles. The van der Waals surface area contributed by atoms with Crippen LogP contribution in [0.5, 0.6) is 0 Å². The van der Waals surface area contributed by atoms with Crippen LogP contribution >= 0.6 is 0 Å². The van der Waals surface area contributed by atoms with Crippen LogP contribution in [0.2, 0.25) is 0 Å². The minimum absolute atomic E-state index is 1.14. The van der Waals surface area contributed by atoms with E-state index in [0.29, 0.717) is 0 Å². The standard InChI is InChI=1S/C10H11N.ClHO4/c1-2-5-9(6-3-1)10-7-4-8-11-10;2-1(3,4)5/h1-3,5-6H,4,7-8H2;(H,2,3,4,5). The Morgan fingerprint density at radius 1 is 1.00 bits per heavy atom. The van der Waals surface area contributed by atoms with E-state index >= 15 is 0 Å². The fourth-order valence-corrected chi connectivity index (χ4v) is 1.48. The van der Waals surface area contributed by atoms with E-state index in [1.54, 1.807) is 0 Å². The number of nitrogens with one attached hydrogen (secondary N) is 1. The van der Waals surface area contributed by atoms with Crippen LogP contribution in [-0.4, -0.2) is 12.3 Å². The van der Waals surface area contributed by atoms with Gasteiger partial charge < -0.3 is 0 Å². The lowest BCUT2D eigenvalue weighted by atomic mass is 10.1. The van der Waals surface area contributed by atoms with Crippen molar-refractivity contribution >= 4 is 5.71 Å². The molecule has 2 rings (SSSR count). The Bertz CT molecular complexity index is 342. The monoisotopic (exact) mass is 245 g/mol. The third-order valence-corrected chi connectivity index (χ3v) is 2.06. The summed E-state index contributed by atoms with van der Waals surface area (Å²) >= 11 is 0. The largest absolute Gasteiger partial charge is 0.245 e. The highest BCUT2D eigenvalue weighted by Gasteiger charge is 2.13. The molecule has 1 aliphatic heterocycles. The van der Waals surface area contributed by atoms with Crippen molar-refractivity contribution in [2.24, 2.45) is 0 Å². The van der Waals surface area contributed by atoms with Gasteiger partial charge in [-0.05, 0) is 12.1 Å². The number of hydrogen-bond donors (Lipinski definition) is 1. The second-order valence-corrected chi connectivity index (χ2v) is 4.01. The lowest BCUT2D eigenvalue weighted by Gasteiger charge is -2.17. The molecule has 16 heavy (non-hydrogen) atoms. The Labute approximate surface area is 95.4 Å². The SMILES string of the molecule is [O-][Cl+3]([O-])([O-])[O-].c1ccc(C2=[NH+]CCC2)cc1. The first-order valence-electron chi connectivity index (χ1n) is 4.74. The highest BCUT2D eigenvalue weighted by atomic mass is 35.7. The van der Waals surface area contributed by atoms with Gasteiger partial charge in [-0.25, -0.2) is 23.6 Å². The van der Waals surface area contributed by atoms with E-state index < -0.39 is 10.2 Å². The lowest BCUT2D eigenvalue weighted by molar-refractivity contribution is -2.00. The third kappa shape index (κ3) is 5.79. The molecule has 0 atom stereocenters. The van der Waals surface area contributed by atoms with E-state index in [4.69, 9.17) is 18.6 Å². The lowest BCUT2D eigenvalue weighted by Crippen LogP contribution is -2.69. The van der Waals surface area contributed by atoms with Crippen molar-refractivity contribution in [2.75, 3.05) is 6.54 Å². The molecule has 0 unspecified atom stereocenters. The number of halogens is 1. The summed E-state index contributed by atoms with van der Waals surface area (Å²) in [6, 6.07) is 10.5. The van der Waals surface area contributed by atoms with E-state index in [-0.39, 0.29) is 0 Å². The second kappa shape index (κ2) is 5.93. The molecule has 0 bridgehead atoms. The normalized spacial score (nSPS) is 15.1. The summed E-state index contributed by atoms with van der Waals surface area (Å²) in [5.41, 5.74) is 2.76. The van der Waals surface area contributed by atoms with E-state index in [1.165, 1.54) is 24.1 Å². The van der Waals surface area contributed by atoms with E-state index in [0.717, 1.165) is 6.54 Å². The quantitative estimate of drug-likeness (QED) is 0.539. The van der Waals surface area contributed by atoms with Gasteiger partial charge in [0, 0.05) is 18.4 Å². The summed E-state index contributed by atoms with van der Waals surface area (Å²) in [5, 5.41) is 0. The Kier molecular flexibility index (Phi) is 4.85. The van der Waals surface area contributed by atoms with Crippen molar-refractivity contribution in [3.63, 3.8) is 0 Å². The first-order chi connectivity index (χ1) is 7.47. The summed E-state index contributed by atoms with van der Waals surface area (Å²) in [6.07, 6.45) is 2.49. The fraction of sp³-hybridized carbons (Fsp3) is 0.300. The smallest absolute Gasteiger partial charge is 0.181 e. The van der Waals surface area contributed by atoms with Gasteiger partial charge in [-0.15, -0.1) is 10.2 Å². The zero-order chi connectivity index (χ0) is 12.0. The maximum atomic E-state index is 8.49. The summed E-state index contributed by atoms with van der Waals surface area (Å²) in [6.45, 7) is 1.14. The topological polar surface area (TPSA) is 106 Å². The van der Waals surface area contributed by atoms with Crippen LogP contribution < -0.4 is 23.6 Å². The fourth-order valence-electron chi connectivity index (χ4n) is 1.48. The molecule has 6 heteroatoms. The molecule has 0 amide bonds. The van der Waals surface area contributed by atoms with Gasteiger partial charge in [0.25, 0.3) is 0 Å². The van der Waals surface area contributed by atoms with Crippen LogP contribution in [0.15, 0.2) is 30.3 Å². The molecule has 0 saturated carbocycles. The molecule has 0 saturated heterocycles. The van der Waals surface area contributed by atoms with Gasteiger partial charge in [0.15, 0.2) is 5.71 Å². The number of rotatable bonds is 1. The highest BCUT2D eigenvalue weighted by molar-refractivity contribution is 5.96. The third-order valence-electron chi connectivity index (χ3n) is 2.06. The van der Waals surface area contributed by atoms with Gasteiger partial charge in [-0.1, -0.05) is 18.2 Å². The van der Waals surface area contributed by atoms with Gasteiger partial charge in [0.05, 0.1) is 0 Å². The average Bonchev–Trinajstić information content (AvgIpc) is 2.69. The summed E-state index contributed by atoms with van der Waals surface area (Å²) in [5.74, 6) is 0. The molecule has 0 spiro atoms. The summed E-state index contributed by atoms with van der Waals surface area (Å²) in [4.78, 5) is 3.39. The maximum Gasteiger partial charge on any atom is 0.181 e. The van der Waals surface area contributed by atoms with Crippen LogP contribution in [0.1, 0.15) is 18.4 Å². The zero-order valence-electron chi connectivity index (χ0n) is 8.52. The van der Waals surface area contributed by atoms with Gasteiger partial charge in [0.1, 0.15) is 6.54 Å². The van der Waals surface area contributed by atoms with Crippen LogP contribution in [0.25, 0.3) is 0 Å². The molecule has 1 aliphatic rings. The first-order valence-corrected chi connectivity index (χ1v) is 5.97. The van der Waals surface area contributed by atoms with Crippen LogP contribution in [0.3, 0.4) is 0 Å². The van der Waals surface area contributed by atoms with Gasteiger partial charge >= 0.3 is 0 Å². The minimum atomic E-state index is -4.94. The van der Waals surface area contributed by atoms with Gasteiger partial charge in [-0.3, -0.25) is 0 Å². The predicted molar refractivity (Wildman–Crippen MR) is 45.6 cm³/mol. The molecular formula is C10H12ClNO4. The van der Waals surface area contributed by atoms with E-state index in [2.05, 4.69) is 35.3 Å². The van der Waals surface area contributed by atoms with Crippen molar-refractivity contribution in [3.8, 4) is 0 Å². The zero-order valence-corrected chi connectivity index (χ0v) is 9.27. The highest BCUT2D eigenvalue weighted by Crippen LogP contribution is 2.03. The minimum Gasteiger partial charge on any atom is -0.245 e. The summed E-state index contributed by atoms with van der Waals surface area (Å²) < 4.78 is 34.0. The molecule has 1 aromatic carbocycles. The number of benzene rings is 1. The Morgan fingerprint density at radius 2 is 1.56 bits per heavy atom. The molecule has 1 N–H and O–H groups in total. The Morgan fingerprint density at radius 3 is 2.00 bits per heavy atom. The predicted octanol–water partition coefficient (Wildman–Crippen LogP) is -4.41. The van der Waals surface area contributed by atoms with Gasteiger partial charge in [0.2, 0.25) is 0 Å². The van der Waals surface area contributed by atoms with Crippen LogP contribution in [-0.2, 0) is 0 Å². The van der Waals surface area contributed by atoms with Crippen molar-refractivity contribution < 1.29 is 33.9 Å². The van der Waals surface area contributed by atoms with Crippen molar-refractivity contribution in [1.29, 1.82) is 0 Å². The molecule has 1 aromatic rings. The molecular weight excluding hydrogens is 234 g/mol. The van der Waals surface area contributed by atoms with Gasteiger partial charge in [-0.2, -0.15) is 0 Å². The van der Waals surface area contributed by atoms with E-state index in [1.807, 2.05) is 0 Å². The molecule has 0 radical (unpaired) electrons. The number of hydrogen-bond acceptors (Lipinski definition) is 4. The summed E-state index contributed by atoms with van der Waals surface area (Å²) in [7, 11) is -4.94. The molecule has 88 valence electrons. The van der Waals surface area contributed by atoms with Crippen molar-refractivity contribution in [2.45, 2.75) is 12.8 Å². The molecule has 0 fully saturated rings. The molecule has 1 heterocycles. The van der Waals surface area contributed by atoms with Crippen molar-refractivity contribution in [3.05, 3.63) is 35.9 Å². The maximum absolute atomic E-state index is 8.49. The van der Waals surface area contributed by atoms with Crippen LogP contribution in [0, 0.1) is 10.2 Å².